The van der Waals surface area contributed by atoms with Gasteiger partial charge in [-0.2, -0.15) is 0 Å². The number of hydrogen-bond acceptors (Lipinski definition) is 5. The van der Waals surface area contributed by atoms with Crippen LogP contribution in [-0.4, -0.2) is 32.5 Å². The van der Waals surface area contributed by atoms with E-state index in [1.807, 2.05) is 6.20 Å². The lowest BCUT2D eigenvalue weighted by molar-refractivity contribution is 0.195. The van der Waals surface area contributed by atoms with Gasteiger partial charge < -0.3 is 10.3 Å². The molecule has 0 spiro atoms. The molecular formula is C16H23N5S. The van der Waals surface area contributed by atoms with Crippen molar-refractivity contribution in [3.63, 3.8) is 0 Å². The van der Waals surface area contributed by atoms with E-state index in [0.717, 1.165) is 19.6 Å². The van der Waals surface area contributed by atoms with E-state index >= 15 is 0 Å². The molecule has 0 aliphatic carbocycles. The fourth-order valence-corrected chi connectivity index (χ4v) is 4.54. The van der Waals surface area contributed by atoms with Crippen LogP contribution in [0.25, 0.3) is 0 Å². The summed E-state index contributed by atoms with van der Waals surface area (Å²) in [5.41, 5.74) is 7.18. The third kappa shape index (κ3) is 2.77. The minimum atomic E-state index is 0.575. The van der Waals surface area contributed by atoms with Gasteiger partial charge in [0.15, 0.2) is 5.13 Å². The smallest absolute Gasteiger partial charge is 0.180 e. The number of hydrogen-bond donors (Lipinski definition) is 1. The number of nitrogen functional groups attached to an aromatic ring is 1. The topological polar surface area (TPSA) is 60.0 Å². The van der Waals surface area contributed by atoms with Gasteiger partial charge in [0.05, 0.1) is 0 Å². The molecule has 1 atom stereocenters. The second kappa shape index (κ2) is 6.01. The highest BCUT2D eigenvalue weighted by atomic mass is 32.1. The highest BCUT2D eigenvalue weighted by molar-refractivity contribution is 7.15. The van der Waals surface area contributed by atoms with Gasteiger partial charge in [0.25, 0.3) is 0 Å². The van der Waals surface area contributed by atoms with Gasteiger partial charge in [-0.05, 0) is 38.6 Å². The van der Waals surface area contributed by atoms with Crippen LogP contribution in [0.2, 0.25) is 0 Å². The Labute approximate surface area is 135 Å². The van der Waals surface area contributed by atoms with E-state index in [1.165, 1.54) is 55.0 Å². The number of nitrogens with two attached hydrogens (primary N) is 1. The number of likely N-dealkylation sites (tertiary alicyclic amines) is 1. The summed E-state index contributed by atoms with van der Waals surface area (Å²) >= 11 is 1.61. The summed E-state index contributed by atoms with van der Waals surface area (Å²) in [5, 5.41) is 0.672. The monoisotopic (exact) mass is 317 g/mol. The van der Waals surface area contributed by atoms with E-state index in [0.29, 0.717) is 11.0 Å². The predicted octanol–water partition coefficient (Wildman–Crippen LogP) is 2.64. The number of aromatic nitrogens is 3. The van der Waals surface area contributed by atoms with Gasteiger partial charge in [-0.1, -0.05) is 0 Å². The third-order valence-corrected chi connectivity index (χ3v) is 5.67. The Hall–Kier alpha value is -1.40. The van der Waals surface area contributed by atoms with E-state index in [-0.39, 0.29) is 0 Å². The van der Waals surface area contributed by atoms with E-state index in [9.17, 15) is 0 Å². The van der Waals surface area contributed by atoms with Gasteiger partial charge in [0.2, 0.25) is 0 Å². The van der Waals surface area contributed by atoms with Crippen LogP contribution in [0.4, 0.5) is 5.13 Å². The van der Waals surface area contributed by atoms with Gasteiger partial charge in [0, 0.05) is 48.5 Å². The highest BCUT2D eigenvalue weighted by Gasteiger charge is 2.27. The Balaban J connectivity index is 1.47. The summed E-state index contributed by atoms with van der Waals surface area (Å²) in [7, 11) is 0. The van der Waals surface area contributed by atoms with Gasteiger partial charge in [-0.3, -0.25) is 4.90 Å². The van der Waals surface area contributed by atoms with E-state index in [1.54, 1.807) is 11.3 Å². The zero-order chi connectivity index (χ0) is 14.9. The van der Waals surface area contributed by atoms with Crippen molar-refractivity contribution >= 4 is 16.5 Å². The van der Waals surface area contributed by atoms with Crippen LogP contribution in [0.15, 0.2) is 12.4 Å². The van der Waals surface area contributed by atoms with Crippen molar-refractivity contribution in [2.24, 2.45) is 0 Å². The fourth-order valence-electron chi connectivity index (χ4n) is 3.81. The van der Waals surface area contributed by atoms with E-state index in [2.05, 4.69) is 20.6 Å². The second-order valence-corrected chi connectivity index (χ2v) is 7.60. The molecule has 2 N–H and O–H groups in total. The van der Waals surface area contributed by atoms with Crippen molar-refractivity contribution in [2.45, 2.75) is 51.1 Å². The maximum absolute atomic E-state index is 5.74. The summed E-state index contributed by atoms with van der Waals surface area (Å²) in [6, 6.07) is 0. The molecule has 22 heavy (non-hydrogen) atoms. The first kappa shape index (κ1) is 14.2. The van der Waals surface area contributed by atoms with Crippen LogP contribution < -0.4 is 5.73 Å². The maximum atomic E-state index is 5.74. The van der Waals surface area contributed by atoms with Crippen molar-refractivity contribution in [1.29, 1.82) is 0 Å². The maximum Gasteiger partial charge on any atom is 0.180 e. The molecule has 0 bridgehead atoms. The number of rotatable bonds is 3. The molecule has 0 saturated carbocycles. The number of aryl methyl sites for hydroxylation is 1. The molecule has 6 heteroatoms. The van der Waals surface area contributed by atoms with Crippen molar-refractivity contribution in [1.82, 2.24) is 19.4 Å². The number of anilines is 1. The van der Waals surface area contributed by atoms with Crippen LogP contribution in [0.5, 0.6) is 0 Å². The third-order valence-electron chi connectivity index (χ3n) is 4.86. The molecule has 2 aliphatic heterocycles. The molecule has 4 heterocycles. The normalized spacial score (nSPS) is 22.6. The summed E-state index contributed by atoms with van der Waals surface area (Å²) in [6.45, 7) is 4.40. The SMILES string of the molecule is Nc1ncc(CN2CCCC(c3ncc4n3CCCC4)C2)s1. The number of thiazole rings is 1. The van der Waals surface area contributed by atoms with Gasteiger partial charge >= 0.3 is 0 Å². The molecule has 2 aromatic rings. The standard InChI is InChI=1S/C16H23N5S/c17-16-19-9-14(22-16)11-20-6-3-4-12(10-20)15-18-8-13-5-1-2-7-21(13)15/h8-9,12H,1-7,10-11H2,(H2,17,19). The van der Waals surface area contributed by atoms with Crippen molar-refractivity contribution in [3.05, 3.63) is 28.8 Å². The highest BCUT2D eigenvalue weighted by Crippen LogP contribution is 2.30. The van der Waals surface area contributed by atoms with Crippen LogP contribution >= 0.6 is 11.3 Å². The number of imidazole rings is 1. The Morgan fingerprint density at radius 2 is 2.14 bits per heavy atom. The van der Waals surface area contributed by atoms with Crippen molar-refractivity contribution < 1.29 is 0 Å². The van der Waals surface area contributed by atoms with Crippen LogP contribution in [0, 0.1) is 0 Å². The summed E-state index contributed by atoms with van der Waals surface area (Å²) in [4.78, 5) is 12.7. The molecule has 2 aromatic heterocycles. The Kier molecular flexibility index (Phi) is 3.88. The van der Waals surface area contributed by atoms with Crippen LogP contribution in [0.3, 0.4) is 0 Å². The minimum absolute atomic E-state index is 0.575. The molecule has 0 amide bonds. The Morgan fingerprint density at radius 1 is 1.18 bits per heavy atom. The summed E-state index contributed by atoms with van der Waals surface area (Å²) in [5.74, 6) is 1.90. The first-order valence-corrected chi connectivity index (χ1v) is 9.08. The Morgan fingerprint density at radius 3 is 3.00 bits per heavy atom. The fraction of sp³-hybridized carbons (Fsp3) is 0.625. The van der Waals surface area contributed by atoms with Gasteiger partial charge in [-0.25, -0.2) is 9.97 Å². The zero-order valence-corrected chi connectivity index (χ0v) is 13.7. The first-order chi connectivity index (χ1) is 10.8. The number of nitrogens with zero attached hydrogens (tertiary/aromatic N) is 4. The number of fused-ring (bicyclic) bond motifs is 1. The average Bonchev–Trinajstić information content (AvgIpc) is 3.14. The largest absolute Gasteiger partial charge is 0.375 e. The predicted molar refractivity (Wildman–Crippen MR) is 88.9 cm³/mol. The van der Waals surface area contributed by atoms with E-state index < -0.39 is 0 Å². The first-order valence-electron chi connectivity index (χ1n) is 8.26. The lowest BCUT2D eigenvalue weighted by Gasteiger charge is -2.32. The molecule has 4 rings (SSSR count). The van der Waals surface area contributed by atoms with E-state index in [4.69, 9.17) is 10.7 Å². The van der Waals surface area contributed by atoms with Crippen molar-refractivity contribution in [3.8, 4) is 0 Å². The lowest BCUT2D eigenvalue weighted by Crippen LogP contribution is -2.35. The molecule has 118 valence electrons. The molecule has 1 saturated heterocycles. The number of piperidine rings is 1. The van der Waals surface area contributed by atoms with Gasteiger partial charge in [0.1, 0.15) is 5.82 Å². The van der Waals surface area contributed by atoms with Gasteiger partial charge in [-0.15, -0.1) is 11.3 Å². The molecule has 5 nitrogen and oxygen atoms in total. The summed E-state index contributed by atoms with van der Waals surface area (Å²) < 4.78 is 2.49. The lowest BCUT2D eigenvalue weighted by atomic mass is 9.96. The molecule has 1 unspecified atom stereocenters. The molecule has 0 radical (unpaired) electrons. The molecule has 2 aliphatic rings. The summed E-state index contributed by atoms with van der Waals surface area (Å²) in [6.07, 6.45) is 10.3. The molecule has 0 aromatic carbocycles. The Bertz CT molecular complexity index is 647. The molecular weight excluding hydrogens is 294 g/mol. The van der Waals surface area contributed by atoms with Crippen LogP contribution in [0.1, 0.15) is 48.0 Å². The minimum Gasteiger partial charge on any atom is -0.375 e. The second-order valence-electron chi connectivity index (χ2n) is 6.46. The van der Waals surface area contributed by atoms with Crippen molar-refractivity contribution in [2.75, 3.05) is 18.8 Å². The average molecular weight is 317 g/mol. The quantitative estimate of drug-likeness (QED) is 0.945. The molecule has 1 fully saturated rings. The zero-order valence-electron chi connectivity index (χ0n) is 12.9. The van der Waals surface area contributed by atoms with Crippen LogP contribution in [-0.2, 0) is 19.5 Å².